The molecule has 0 radical (unpaired) electrons. The van der Waals surface area contributed by atoms with Gasteiger partial charge in [0.15, 0.2) is 0 Å². The van der Waals surface area contributed by atoms with E-state index in [1.165, 1.54) is 12.8 Å². The second-order valence-corrected chi connectivity index (χ2v) is 4.27. The second-order valence-electron chi connectivity index (χ2n) is 4.27. The van der Waals surface area contributed by atoms with Gasteiger partial charge < -0.3 is 5.11 Å². The first kappa shape index (κ1) is 12.2. The molecule has 1 rings (SSSR count). The Hall–Kier alpha value is -0.830. The Labute approximate surface area is 92.1 Å². The highest BCUT2D eigenvalue weighted by atomic mass is 16.3. The van der Waals surface area contributed by atoms with Crippen LogP contribution in [0, 0.1) is 5.92 Å². The lowest BCUT2D eigenvalue weighted by Gasteiger charge is -2.14. The van der Waals surface area contributed by atoms with E-state index in [9.17, 15) is 5.11 Å². The van der Waals surface area contributed by atoms with Crippen LogP contribution >= 0.6 is 0 Å². The quantitative estimate of drug-likeness (QED) is 0.784. The van der Waals surface area contributed by atoms with E-state index in [0.717, 1.165) is 18.5 Å². The fourth-order valence-electron chi connectivity index (χ4n) is 1.85. The van der Waals surface area contributed by atoms with Gasteiger partial charge in [-0.05, 0) is 19.3 Å². The first-order chi connectivity index (χ1) is 7.17. The van der Waals surface area contributed by atoms with E-state index in [-0.39, 0.29) is 6.10 Å². The number of nitrogens with zero attached hydrogens (tertiary/aromatic N) is 2. The Morgan fingerprint density at radius 3 is 2.73 bits per heavy atom. The van der Waals surface area contributed by atoms with Crippen molar-refractivity contribution < 1.29 is 5.11 Å². The van der Waals surface area contributed by atoms with Crippen molar-refractivity contribution in [3.8, 4) is 0 Å². The number of hydrogen-bond donors (Lipinski definition) is 1. The van der Waals surface area contributed by atoms with Gasteiger partial charge in [0.05, 0.1) is 12.3 Å². The highest BCUT2D eigenvalue weighted by Gasteiger charge is 2.13. The Kier molecular flexibility index (Phi) is 4.82. The molecule has 3 nitrogen and oxygen atoms in total. The number of aromatic nitrogens is 2. The van der Waals surface area contributed by atoms with Gasteiger partial charge in [0.2, 0.25) is 0 Å². The van der Waals surface area contributed by atoms with Crippen molar-refractivity contribution in [2.45, 2.75) is 52.7 Å². The minimum absolute atomic E-state index is 0.355. The van der Waals surface area contributed by atoms with Crippen molar-refractivity contribution in [1.29, 1.82) is 0 Å². The highest BCUT2D eigenvalue weighted by molar-refractivity contribution is 5.07. The third-order valence-corrected chi connectivity index (χ3v) is 2.77. The molecule has 1 heterocycles. The molecule has 2 atom stereocenters. The van der Waals surface area contributed by atoms with E-state index >= 15 is 0 Å². The predicted molar refractivity (Wildman–Crippen MR) is 61.5 cm³/mol. The van der Waals surface area contributed by atoms with Crippen molar-refractivity contribution in [2.24, 2.45) is 5.92 Å². The summed E-state index contributed by atoms with van der Waals surface area (Å²) >= 11 is 0. The van der Waals surface area contributed by atoms with Crippen LogP contribution in [-0.4, -0.2) is 14.9 Å². The first-order valence-corrected chi connectivity index (χ1v) is 5.87. The molecule has 0 aromatic carbocycles. The van der Waals surface area contributed by atoms with Crippen molar-refractivity contribution in [2.75, 3.05) is 0 Å². The van der Waals surface area contributed by atoms with Crippen LogP contribution in [0.5, 0.6) is 0 Å². The SMILES string of the molecule is CCCC(C)CC(O)c1cnn(CC)c1. The average molecular weight is 210 g/mol. The standard InChI is InChI=1S/C12H22N2O/c1-4-6-10(3)7-12(15)11-8-13-14(5-2)9-11/h8-10,12,15H,4-7H2,1-3H3. The van der Waals surface area contributed by atoms with Crippen LogP contribution in [0.3, 0.4) is 0 Å². The van der Waals surface area contributed by atoms with Crippen LogP contribution in [0.25, 0.3) is 0 Å². The van der Waals surface area contributed by atoms with Gasteiger partial charge in [0, 0.05) is 18.3 Å². The molecule has 0 aliphatic rings. The van der Waals surface area contributed by atoms with Crippen LogP contribution in [0.4, 0.5) is 0 Å². The number of aliphatic hydroxyl groups excluding tert-OH is 1. The summed E-state index contributed by atoms with van der Waals surface area (Å²) in [5.41, 5.74) is 0.944. The minimum Gasteiger partial charge on any atom is -0.388 e. The molecule has 0 saturated heterocycles. The highest BCUT2D eigenvalue weighted by Crippen LogP contribution is 2.23. The molecule has 0 amide bonds. The summed E-state index contributed by atoms with van der Waals surface area (Å²) in [5, 5.41) is 14.1. The second kappa shape index (κ2) is 5.91. The van der Waals surface area contributed by atoms with Crippen LogP contribution in [-0.2, 0) is 6.54 Å². The molecule has 3 heteroatoms. The van der Waals surface area contributed by atoms with Crippen molar-refractivity contribution in [3.63, 3.8) is 0 Å². The maximum Gasteiger partial charge on any atom is 0.0823 e. The summed E-state index contributed by atoms with van der Waals surface area (Å²) < 4.78 is 1.85. The molecule has 1 aromatic rings. The van der Waals surface area contributed by atoms with Crippen LogP contribution in [0.2, 0.25) is 0 Å². The number of hydrogen-bond acceptors (Lipinski definition) is 2. The zero-order chi connectivity index (χ0) is 11.3. The lowest BCUT2D eigenvalue weighted by atomic mass is 9.96. The summed E-state index contributed by atoms with van der Waals surface area (Å²) in [7, 11) is 0. The molecule has 0 bridgehead atoms. The zero-order valence-corrected chi connectivity index (χ0v) is 9.98. The van der Waals surface area contributed by atoms with Crippen LogP contribution in [0.1, 0.15) is 51.7 Å². The van der Waals surface area contributed by atoms with E-state index < -0.39 is 0 Å². The van der Waals surface area contributed by atoms with E-state index in [4.69, 9.17) is 0 Å². The van der Waals surface area contributed by atoms with E-state index in [1.807, 2.05) is 17.8 Å². The Morgan fingerprint density at radius 2 is 2.20 bits per heavy atom. The monoisotopic (exact) mass is 210 g/mol. The summed E-state index contributed by atoms with van der Waals surface area (Å²) in [4.78, 5) is 0. The lowest BCUT2D eigenvalue weighted by molar-refractivity contribution is 0.145. The molecule has 86 valence electrons. The van der Waals surface area contributed by atoms with Gasteiger partial charge in [-0.25, -0.2) is 0 Å². The van der Waals surface area contributed by atoms with Gasteiger partial charge in [-0.15, -0.1) is 0 Å². The third-order valence-electron chi connectivity index (χ3n) is 2.77. The predicted octanol–water partition coefficient (Wildman–Crippen LogP) is 2.76. The normalized spacial score (nSPS) is 15.2. The summed E-state index contributed by atoms with van der Waals surface area (Å²) in [6.07, 6.45) is 6.55. The number of rotatable bonds is 6. The zero-order valence-electron chi connectivity index (χ0n) is 9.98. The summed E-state index contributed by atoms with van der Waals surface area (Å²) in [6.45, 7) is 7.27. The fourth-order valence-corrected chi connectivity index (χ4v) is 1.85. The molecular weight excluding hydrogens is 188 g/mol. The molecule has 0 spiro atoms. The van der Waals surface area contributed by atoms with Crippen LogP contribution < -0.4 is 0 Å². The maximum absolute atomic E-state index is 9.97. The fraction of sp³-hybridized carbons (Fsp3) is 0.750. The van der Waals surface area contributed by atoms with E-state index in [1.54, 1.807) is 6.20 Å². The van der Waals surface area contributed by atoms with Gasteiger partial charge in [0.1, 0.15) is 0 Å². The van der Waals surface area contributed by atoms with E-state index in [0.29, 0.717) is 5.92 Å². The van der Waals surface area contributed by atoms with Gasteiger partial charge in [0.25, 0.3) is 0 Å². The van der Waals surface area contributed by atoms with Crippen LogP contribution in [0.15, 0.2) is 12.4 Å². The molecule has 2 unspecified atom stereocenters. The largest absolute Gasteiger partial charge is 0.388 e. The number of aliphatic hydroxyl groups is 1. The Morgan fingerprint density at radius 1 is 1.47 bits per heavy atom. The molecule has 0 saturated carbocycles. The topological polar surface area (TPSA) is 38.1 Å². The molecule has 1 N–H and O–H groups in total. The maximum atomic E-state index is 9.97. The van der Waals surface area contributed by atoms with E-state index in [2.05, 4.69) is 18.9 Å². The summed E-state index contributed by atoms with van der Waals surface area (Å²) in [6, 6.07) is 0. The van der Waals surface area contributed by atoms with Gasteiger partial charge in [-0.1, -0.05) is 26.7 Å². The lowest BCUT2D eigenvalue weighted by Crippen LogP contribution is -2.03. The Bertz CT molecular complexity index is 283. The number of aryl methyl sites for hydroxylation is 1. The minimum atomic E-state index is -0.355. The van der Waals surface area contributed by atoms with Gasteiger partial charge in [-0.2, -0.15) is 5.10 Å². The Balaban J connectivity index is 2.49. The smallest absolute Gasteiger partial charge is 0.0823 e. The third kappa shape index (κ3) is 3.67. The first-order valence-electron chi connectivity index (χ1n) is 5.87. The van der Waals surface area contributed by atoms with Gasteiger partial charge >= 0.3 is 0 Å². The molecule has 0 aliphatic carbocycles. The van der Waals surface area contributed by atoms with Crippen molar-refractivity contribution in [1.82, 2.24) is 9.78 Å². The summed E-state index contributed by atoms with van der Waals surface area (Å²) in [5.74, 6) is 0.579. The molecule has 0 aliphatic heterocycles. The molecular formula is C12H22N2O. The molecule has 15 heavy (non-hydrogen) atoms. The molecule has 0 fully saturated rings. The van der Waals surface area contributed by atoms with Crippen molar-refractivity contribution in [3.05, 3.63) is 18.0 Å². The average Bonchev–Trinajstić information content (AvgIpc) is 2.66. The molecule has 1 aromatic heterocycles. The van der Waals surface area contributed by atoms with Gasteiger partial charge in [-0.3, -0.25) is 4.68 Å². The van der Waals surface area contributed by atoms with Crippen molar-refractivity contribution >= 4 is 0 Å².